The van der Waals surface area contributed by atoms with E-state index in [0.29, 0.717) is 5.75 Å². The maximum Gasteiger partial charge on any atom is 0.141 e. The van der Waals surface area contributed by atoms with Crippen LogP contribution in [0.4, 0.5) is 11.4 Å². The van der Waals surface area contributed by atoms with Crippen LogP contribution in [-0.2, 0) is 6.42 Å². The lowest BCUT2D eigenvalue weighted by Crippen LogP contribution is -2.24. The van der Waals surface area contributed by atoms with E-state index < -0.39 is 0 Å². The smallest absolute Gasteiger partial charge is 0.141 e. The highest BCUT2D eigenvalue weighted by Gasteiger charge is 2.19. The van der Waals surface area contributed by atoms with Gasteiger partial charge in [-0.25, -0.2) is 0 Å². The highest BCUT2D eigenvalue weighted by atomic mass is 79.9. The molecule has 1 N–H and O–H groups in total. The molecule has 1 aromatic rings. The molecule has 0 amide bonds. The number of rotatable bonds is 3. The Balaban J connectivity index is 0.00000144. The Kier molecular flexibility index (Phi) is 5.12. The van der Waals surface area contributed by atoms with Gasteiger partial charge in [-0.3, -0.25) is 5.32 Å². The van der Waals surface area contributed by atoms with Crippen LogP contribution in [0.5, 0.6) is 5.75 Å². The number of hydrogen-bond acceptors (Lipinski definition) is 2. The monoisotopic (exact) mass is 299 g/mol. The Morgan fingerprint density at radius 1 is 1.29 bits per heavy atom. The molecule has 1 aliphatic rings. The summed E-state index contributed by atoms with van der Waals surface area (Å²) in [5.74, 6) is 0.325. The van der Waals surface area contributed by atoms with Gasteiger partial charge in [-0.15, -0.1) is 17.0 Å². The summed E-state index contributed by atoms with van der Waals surface area (Å²) >= 11 is 0. The molecule has 0 spiro atoms. The van der Waals surface area contributed by atoms with Crippen molar-refractivity contribution in [3.8, 4) is 5.75 Å². The maximum atomic E-state index is 9.80. The number of phenols is 1. The number of aromatic hydroxyl groups is 1. The minimum atomic E-state index is 0. The number of anilines is 1. The molecule has 0 aliphatic carbocycles. The second-order valence-corrected chi connectivity index (χ2v) is 4.09. The van der Waals surface area contributed by atoms with Crippen molar-refractivity contribution in [2.45, 2.75) is 26.7 Å². The summed E-state index contributed by atoms with van der Waals surface area (Å²) in [6.45, 7) is 7.13. The summed E-state index contributed by atoms with van der Waals surface area (Å²) < 4.78 is 0. The highest BCUT2D eigenvalue weighted by molar-refractivity contribution is 8.93. The molecule has 0 atom stereocenters. The van der Waals surface area contributed by atoms with Gasteiger partial charge in [-0.05, 0) is 38.8 Å². The molecular formula is C13H20BrN2O. The van der Waals surface area contributed by atoms with Crippen molar-refractivity contribution in [2.24, 2.45) is 0 Å². The van der Waals surface area contributed by atoms with Gasteiger partial charge in [-0.2, -0.15) is 0 Å². The van der Waals surface area contributed by atoms with Crippen molar-refractivity contribution >= 4 is 28.4 Å². The van der Waals surface area contributed by atoms with Crippen LogP contribution < -0.4 is 10.2 Å². The molecule has 2 rings (SSSR count). The van der Waals surface area contributed by atoms with E-state index in [0.717, 1.165) is 38.2 Å². The summed E-state index contributed by atoms with van der Waals surface area (Å²) in [5.41, 5.74) is 3.27. The van der Waals surface area contributed by atoms with Gasteiger partial charge in [0.2, 0.25) is 0 Å². The zero-order valence-electron chi connectivity index (χ0n) is 10.4. The molecule has 0 fully saturated rings. The summed E-state index contributed by atoms with van der Waals surface area (Å²) in [7, 11) is 0. The summed E-state index contributed by atoms with van der Waals surface area (Å²) in [6.07, 6.45) is 2.11. The van der Waals surface area contributed by atoms with Gasteiger partial charge in [0.15, 0.2) is 0 Å². The fourth-order valence-electron chi connectivity index (χ4n) is 2.34. The normalized spacial score (nSPS) is 13.3. The topological polar surface area (TPSA) is 37.6 Å². The lowest BCUT2D eigenvalue weighted by molar-refractivity contribution is 0.469. The molecule has 17 heavy (non-hydrogen) atoms. The fraction of sp³-hybridized carbons (Fsp3) is 0.538. The van der Waals surface area contributed by atoms with Gasteiger partial charge in [0.25, 0.3) is 0 Å². The van der Waals surface area contributed by atoms with E-state index >= 15 is 0 Å². The standard InChI is InChI=1S/C13H19N2O.BrH/c1-3-15(4-2)11-7-8-12(16)13-10(11)6-5-9-14-13;/h7-8,16H,3-6,9H2,1-2H3;1H. The van der Waals surface area contributed by atoms with Crippen molar-refractivity contribution in [3.05, 3.63) is 17.7 Å². The number of benzene rings is 1. The minimum Gasteiger partial charge on any atom is -0.506 e. The summed E-state index contributed by atoms with van der Waals surface area (Å²) in [4.78, 5) is 2.32. The van der Waals surface area contributed by atoms with Crippen molar-refractivity contribution in [1.29, 1.82) is 0 Å². The predicted octanol–water partition coefficient (Wildman–Crippen LogP) is 3.00. The van der Waals surface area contributed by atoms with Crippen molar-refractivity contribution < 1.29 is 5.11 Å². The van der Waals surface area contributed by atoms with Crippen LogP contribution in [0.2, 0.25) is 0 Å². The number of halogens is 1. The second kappa shape index (κ2) is 6.15. The van der Waals surface area contributed by atoms with Gasteiger partial charge in [-0.1, -0.05) is 0 Å². The Morgan fingerprint density at radius 3 is 2.65 bits per heavy atom. The predicted molar refractivity (Wildman–Crippen MR) is 77.0 cm³/mol. The minimum absolute atomic E-state index is 0. The molecule has 3 nitrogen and oxygen atoms in total. The lowest BCUT2D eigenvalue weighted by Gasteiger charge is -2.28. The fourth-order valence-corrected chi connectivity index (χ4v) is 2.34. The largest absolute Gasteiger partial charge is 0.506 e. The van der Waals surface area contributed by atoms with E-state index in [9.17, 15) is 5.11 Å². The molecule has 1 aliphatic heterocycles. The Bertz CT molecular complexity index is 378. The van der Waals surface area contributed by atoms with Crippen LogP contribution >= 0.6 is 17.0 Å². The van der Waals surface area contributed by atoms with Crippen LogP contribution in [-0.4, -0.2) is 24.7 Å². The van der Waals surface area contributed by atoms with E-state index in [-0.39, 0.29) is 17.0 Å². The summed E-state index contributed by atoms with van der Waals surface area (Å²) in [6, 6.07) is 3.78. The molecule has 4 heteroatoms. The van der Waals surface area contributed by atoms with Crippen LogP contribution in [0, 0.1) is 0 Å². The van der Waals surface area contributed by atoms with Crippen LogP contribution in [0.1, 0.15) is 25.8 Å². The van der Waals surface area contributed by atoms with Crippen molar-refractivity contribution in [3.63, 3.8) is 0 Å². The average Bonchev–Trinajstić information content (AvgIpc) is 2.34. The van der Waals surface area contributed by atoms with E-state index in [2.05, 4.69) is 24.1 Å². The molecule has 0 aromatic heterocycles. The first-order valence-electron chi connectivity index (χ1n) is 6.05. The third-order valence-electron chi connectivity index (χ3n) is 3.20. The molecule has 0 unspecified atom stereocenters. The molecule has 95 valence electrons. The van der Waals surface area contributed by atoms with Gasteiger partial charge in [0.1, 0.15) is 11.4 Å². The Hall–Kier alpha value is -0.900. The number of fused-ring (bicyclic) bond motifs is 1. The van der Waals surface area contributed by atoms with E-state index in [4.69, 9.17) is 0 Å². The Labute approximate surface area is 114 Å². The molecule has 1 heterocycles. The molecule has 0 bridgehead atoms. The first kappa shape index (κ1) is 14.2. The van der Waals surface area contributed by atoms with E-state index in [1.165, 1.54) is 11.3 Å². The van der Waals surface area contributed by atoms with Gasteiger partial charge in [0.05, 0.1) is 0 Å². The van der Waals surface area contributed by atoms with Crippen LogP contribution in [0.3, 0.4) is 0 Å². The second-order valence-electron chi connectivity index (χ2n) is 4.09. The quantitative estimate of drug-likeness (QED) is 0.932. The zero-order valence-corrected chi connectivity index (χ0v) is 12.2. The van der Waals surface area contributed by atoms with Crippen molar-refractivity contribution in [1.82, 2.24) is 5.32 Å². The first-order chi connectivity index (χ1) is 7.77. The molecule has 0 saturated heterocycles. The SMILES string of the molecule is Br.CCN(CC)c1ccc(O)c2c1CCC[N]2. The number of hydrogen-bond donors (Lipinski definition) is 1. The maximum absolute atomic E-state index is 9.80. The third-order valence-corrected chi connectivity index (χ3v) is 3.20. The zero-order chi connectivity index (χ0) is 11.5. The lowest BCUT2D eigenvalue weighted by atomic mass is 10.00. The molecule has 1 radical (unpaired) electrons. The highest BCUT2D eigenvalue weighted by Crippen LogP contribution is 2.38. The molecular weight excluding hydrogens is 280 g/mol. The Morgan fingerprint density at radius 2 is 2.00 bits per heavy atom. The molecule has 0 saturated carbocycles. The molecule has 1 aromatic carbocycles. The first-order valence-corrected chi connectivity index (χ1v) is 6.05. The third kappa shape index (κ3) is 2.68. The number of phenolic OH excluding ortho intramolecular Hbond substituents is 1. The number of nitrogens with zero attached hydrogens (tertiary/aromatic N) is 2. The van der Waals surface area contributed by atoms with E-state index in [1.54, 1.807) is 6.07 Å². The van der Waals surface area contributed by atoms with Gasteiger partial charge in [0, 0.05) is 30.9 Å². The van der Waals surface area contributed by atoms with Crippen LogP contribution in [0.25, 0.3) is 0 Å². The average molecular weight is 300 g/mol. The summed E-state index contributed by atoms with van der Waals surface area (Å²) in [5, 5.41) is 14.2. The van der Waals surface area contributed by atoms with Gasteiger partial charge >= 0.3 is 0 Å². The van der Waals surface area contributed by atoms with Crippen LogP contribution in [0.15, 0.2) is 12.1 Å². The van der Waals surface area contributed by atoms with Crippen molar-refractivity contribution in [2.75, 3.05) is 24.5 Å². The van der Waals surface area contributed by atoms with E-state index in [1.807, 2.05) is 6.07 Å². The van der Waals surface area contributed by atoms with Gasteiger partial charge < -0.3 is 10.0 Å².